The molecular formula is C17H22N2O4. The third kappa shape index (κ3) is 4.25. The van der Waals surface area contributed by atoms with Crippen molar-refractivity contribution in [2.75, 3.05) is 20.3 Å². The standard InChI is InChI=1S/C17H22N2O4/c1-4-23-17(21)18-8-7-12-13-9-11(2)5-6-14(13)19-15(12)10-16(20)22-3/h5-6,9,19H,4,7-8,10H2,1-3H3,(H,18,21). The van der Waals surface area contributed by atoms with E-state index in [1.807, 2.05) is 19.1 Å². The van der Waals surface area contributed by atoms with E-state index in [-0.39, 0.29) is 12.4 Å². The van der Waals surface area contributed by atoms with Crippen LogP contribution in [0.1, 0.15) is 23.7 Å². The number of methoxy groups -OCH3 is 1. The molecule has 0 saturated carbocycles. The molecule has 2 rings (SSSR count). The second kappa shape index (κ2) is 7.67. The Morgan fingerprint density at radius 3 is 2.78 bits per heavy atom. The molecule has 0 fully saturated rings. The molecule has 1 heterocycles. The normalized spacial score (nSPS) is 10.6. The van der Waals surface area contributed by atoms with Gasteiger partial charge in [-0.2, -0.15) is 0 Å². The first-order chi connectivity index (χ1) is 11.0. The van der Waals surface area contributed by atoms with E-state index in [1.54, 1.807) is 6.92 Å². The molecule has 0 aliphatic carbocycles. The molecule has 0 spiro atoms. The van der Waals surface area contributed by atoms with Crippen LogP contribution in [0, 0.1) is 6.92 Å². The number of hydrogen-bond acceptors (Lipinski definition) is 4. The van der Waals surface area contributed by atoms with Gasteiger partial charge in [-0.1, -0.05) is 11.6 Å². The number of hydrogen-bond donors (Lipinski definition) is 2. The first-order valence-corrected chi connectivity index (χ1v) is 7.62. The Kier molecular flexibility index (Phi) is 5.62. The highest BCUT2D eigenvalue weighted by molar-refractivity contribution is 5.87. The van der Waals surface area contributed by atoms with Crippen LogP contribution in [-0.4, -0.2) is 37.3 Å². The van der Waals surface area contributed by atoms with Crippen molar-refractivity contribution < 1.29 is 19.1 Å². The van der Waals surface area contributed by atoms with Gasteiger partial charge in [0, 0.05) is 23.1 Å². The molecule has 0 aliphatic heterocycles. The maximum absolute atomic E-state index is 11.6. The molecule has 0 unspecified atom stereocenters. The summed E-state index contributed by atoms with van der Waals surface area (Å²) in [4.78, 5) is 26.3. The van der Waals surface area contributed by atoms with E-state index in [0.717, 1.165) is 27.7 Å². The monoisotopic (exact) mass is 318 g/mol. The number of aryl methyl sites for hydroxylation is 1. The summed E-state index contributed by atoms with van der Waals surface area (Å²) >= 11 is 0. The molecule has 2 N–H and O–H groups in total. The smallest absolute Gasteiger partial charge is 0.407 e. The molecule has 0 atom stereocenters. The third-order valence-corrected chi connectivity index (χ3v) is 3.62. The van der Waals surface area contributed by atoms with E-state index in [2.05, 4.69) is 16.4 Å². The summed E-state index contributed by atoms with van der Waals surface area (Å²) in [7, 11) is 1.37. The predicted octanol–water partition coefficient (Wildman–Crippen LogP) is 2.48. The summed E-state index contributed by atoms with van der Waals surface area (Å²) in [5.41, 5.74) is 3.95. The molecule has 6 nitrogen and oxygen atoms in total. The zero-order valence-corrected chi connectivity index (χ0v) is 13.7. The minimum absolute atomic E-state index is 0.180. The number of rotatable bonds is 6. The molecule has 124 valence electrons. The van der Waals surface area contributed by atoms with Crippen molar-refractivity contribution >= 4 is 23.0 Å². The fourth-order valence-electron chi connectivity index (χ4n) is 2.54. The van der Waals surface area contributed by atoms with E-state index in [4.69, 9.17) is 9.47 Å². The third-order valence-electron chi connectivity index (χ3n) is 3.62. The zero-order chi connectivity index (χ0) is 16.8. The van der Waals surface area contributed by atoms with E-state index in [9.17, 15) is 9.59 Å². The van der Waals surface area contributed by atoms with Crippen LogP contribution in [0.5, 0.6) is 0 Å². The van der Waals surface area contributed by atoms with E-state index >= 15 is 0 Å². The minimum Gasteiger partial charge on any atom is -0.469 e. The lowest BCUT2D eigenvalue weighted by Crippen LogP contribution is -2.26. The number of esters is 1. The first-order valence-electron chi connectivity index (χ1n) is 7.62. The van der Waals surface area contributed by atoms with Crippen molar-refractivity contribution in [2.24, 2.45) is 0 Å². The molecule has 1 aromatic heterocycles. The van der Waals surface area contributed by atoms with Gasteiger partial charge in [0.25, 0.3) is 0 Å². The molecule has 2 aromatic rings. The zero-order valence-electron chi connectivity index (χ0n) is 13.7. The van der Waals surface area contributed by atoms with Crippen LogP contribution < -0.4 is 5.32 Å². The maximum Gasteiger partial charge on any atom is 0.407 e. The lowest BCUT2D eigenvalue weighted by molar-refractivity contribution is -0.139. The first kappa shape index (κ1) is 16.9. The minimum atomic E-state index is -0.432. The molecule has 0 saturated heterocycles. The number of carbonyl (C=O) groups is 2. The summed E-state index contributed by atoms with van der Waals surface area (Å²) in [5.74, 6) is -0.298. The summed E-state index contributed by atoms with van der Waals surface area (Å²) < 4.78 is 9.60. The van der Waals surface area contributed by atoms with Gasteiger partial charge < -0.3 is 19.8 Å². The number of aromatic nitrogens is 1. The van der Waals surface area contributed by atoms with Gasteiger partial charge in [-0.3, -0.25) is 4.79 Å². The predicted molar refractivity (Wildman–Crippen MR) is 87.5 cm³/mol. The van der Waals surface area contributed by atoms with Crippen LogP contribution in [-0.2, 0) is 27.1 Å². The number of alkyl carbamates (subject to hydrolysis) is 1. The highest BCUT2D eigenvalue weighted by Crippen LogP contribution is 2.24. The van der Waals surface area contributed by atoms with Gasteiger partial charge in [-0.05, 0) is 38.0 Å². The fourth-order valence-corrected chi connectivity index (χ4v) is 2.54. The van der Waals surface area contributed by atoms with Gasteiger partial charge in [0.1, 0.15) is 0 Å². The molecule has 0 bridgehead atoms. The highest BCUT2D eigenvalue weighted by Gasteiger charge is 2.15. The lowest BCUT2D eigenvalue weighted by atomic mass is 10.0. The van der Waals surface area contributed by atoms with Gasteiger partial charge in [0.05, 0.1) is 20.1 Å². The number of nitrogens with one attached hydrogen (secondary N) is 2. The van der Waals surface area contributed by atoms with Crippen molar-refractivity contribution in [2.45, 2.75) is 26.7 Å². The second-order valence-corrected chi connectivity index (χ2v) is 5.28. The van der Waals surface area contributed by atoms with Crippen LogP contribution in [0.15, 0.2) is 18.2 Å². The van der Waals surface area contributed by atoms with Gasteiger partial charge in [0.2, 0.25) is 0 Å². The number of fused-ring (bicyclic) bond motifs is 1. The lowest BCUT2D eigenvalue weighted by Gasteiger charge is -2.07. The Morgan fingerprint density at radius 1 is 1.30 bits per heavy atom. The fraction of sp³-hybridized carbons (Fsp3) is 0.412. The molecule has 0 radical (unpaired) electrons. The van der Waals surface area contributed by atoms with Crippen LogP contribution in [0.2, 0.25) is 0 Å². The van der Waals surface area contributed by atoms with Crippen molar-refractivity contribution in [1.82, 2.24) is 10.3 Å². The molecule has 23 heavy (non-hydrogen) atoms. The van der Waals surface area contributed by atoms with Gasteiger partial charge in [-0.25, -0.2) is 4.79 Å². The molecule has 1 aromatic carbocycles. The summed E-state index contributed by atoms with van der Waals surface area (Å²) in [6, 6.07) is 6.08. The van der Waals surface area contributed by atoms with Gasteiger partial charge in [0.15, 0.2) is 0 Å². The topological polar surface area (TPSA) is 80.4 Å². The number of H-pyrrole nitrogens is 1. The van der Waals surface area contributed by atoms with E-state index in [1.165, 1.54) is 7.11 Å². The SMILES string of the molecule is CCOC(=O)NCCc1c(CC(=O)OC)[nH]c2ccc(C)cc12. The Balaban J connectivity index is 2.22. The van der Waals surface area contributed by atoms with Crippen molar-refractivity contribution in [1.29, 1.82) is 0 Å². The Hall–Kier alpha value is -2.50. The molecular weight excluding hydrogens is 296 g/mol. The van der Waals surface area contributed by atoms with Gasteiger partial charge in [-0.15, -0.1) is 0 Å². The summed E-state index contributed by atoms with van der Waals surface area (Å²) in [6.07, 6.45) is 0.353. The Morgan fingerprint density at radius 2 is 2.09 bits per heavy atom. The van der Waals surface area contributed by atoms with Crippen molar-refractivity contribution in [3.63, 3.8) is 0 Å². The van der Waals surface area contributed by atoms with Crippen molar-refractivity contribution in [3.8, 4) is 0 Å². The number of amides is 1. The van der Waals surface area contributed by atoms with Crippen LogP contribution in [0.3, 0.4) is 0 Å². The molecule has 0 aliphatic rings. The van der Waals surface area contributed by atoms with E-state index in [0.29, 0.717) is 19.6 Å². The molecule has 6 heteroatoms. The van der Waals surface area contributed by atoms with Crippen molar-refractivity contribution in [3.05, 3.63) is 35.0 Å². The molecule has 1 amide bonds. The van der Waals surface area contributed by atoms with E-state index < -0.39 is 6.09 Å². The maximum atomic E-state index is 11.6. The highest BCUT2D eigenvalue weighted by atomic mass is 16.5. The van der Waals surface area contributed by atoms with Crippen LogP contribution in [0.25, 0.3) is 10.9 Å². The quantitative estimate of drug-likeness (QED) is 0.802. The number of carbonyl (C=O) groups excluding carboxylic acids is 2. The number of benzene rings is 1. The van der Waals surface area contributed by atoms with Crippen LogP contribution in [0.4, 0.5) is 4.79 Å². The largest absolute Gasteiger partial charge is 0.469 e. The average molecular weight is 318 g/mol. The summed E-state index contributed by atoms with van der Waals surface area (Å²) in [6.45, 7) is 4.56. The summed E-state index contributed by atoms with van der Waals surface area (Å²) in [5, 5.41) is 3.77. The average Bonchev–Trinajstić information content (AvgIpc) is 2.84. The Labute approximate surface area is 135 Å². The number of aromatic amines is 1. The second-order valence-electron chi connectivity index (χ2n) is 5.28. The van der Waals surface area contributed by atoms with Gasteiger partial charge >= 0.3 is 12.1 Å². The van der Waals surface area contributed by atoms with Crippen LogP contribution >= 0.6 is 0 Å². The Bertz CT molecular complexity index is 706. The number of ether oxygens (including phenoxy) is 2.